The highest BCUT2D eigenvalue weighted by atomic mass is 16.5. The number of hydrogen-bond acceptors (Lipinski definition) is 4. The zero-order valence-corrected chi connectivity index (χ0v) is 16.5. The zero-order valence-electron chi connectivity index (χ0n) is 16.5. The first kappa shape index (κ1) is 19.9. The number of unbranched alkanes of at least 4 members (excludes halogenated alkanes) is 5. The number of aromatic hydroxyl groups is 1. The summed E-state index contributed by atoms with van der Waals surface area (Å²) < 4.78 is 5.83. The molecule has 1 heterocycles. The molecule has 0 radical (unpaired) electrons. The summed E-state index contributed by atoms with van der Waals surface area (Å²) in [5, 5.41) is 9.39. The summed E-state index contributed by atoms with van der Waals surface area (Å²) in [5.41, 5.74) is 2.86. The van der Waals surface area contributed by atoms with E-state index in [1.165, 1.54) is 32.1 Å². The van der Waals surface area contributed by atoms with E-state index in [0.29, 0.717) is 5.82 Å². The molecule has 0 aliphatic heterocycles. The number of hydrogen-bond donors (Lipinski definition) is 1. The molecule has 1 aromatic heterocycles. The van der Waals surface area contributed by atoms with Gasteiger partial charge in [-0.1, -0.05) is 51.2 Å². The lowest BCUT2D eigenvalue weighted by atomic mass is 10.1. The second-order valence-electron chi connectivity index (χ2n) is 6.98. The van der Waals surface area contributed by atoms with Gasteiger partial charge in [-0.2, -0.15) is 0 Å². The van der Waals surface area contributed by atoms with Crippen LogP contribution in [-0.4, -0.2) is 21.7 Å². The maximum absolute atomic E-state index is 9.39. The van der Waals surface area contributed by atoms with Gasteiger partial charge in [-0.15, -0.1) is 0 Å². The predicted molar refractivity (Wildman–Crippen MR) is 113 cm³/mol. The summed E-state index contributed by atoms with van der Waals surface area (Å²) in [6.07, 6.45) is 11.2. The van der Waals surface area contributed by atoms with Gasteiger partial charge in [0.15, 0.2) is 5.82 Å². The van der Waals surface area contributed by atoms with E-state index in [-0.39, 0.29) is 5.75 Å². The molecule has 146 valence electrons. The Balaban J connectivity index is 1.51. The topological polar surface area (TPSA) is 55.2 Å². The van der Waals surface area contributed by atoms with Crippen LogP contribution in [0.15, 0.2) is 60.9 Å². The highest BCUT2D eigenvalue weighted by molar-refractivity contribution is 5.64. The van der Waals surface area contributed by atoms with Crippen LogP contribution >= 0.6 is 0 Å². The van der Waals surface area contributed by atoms with Crippen LogP contribution in [0.5, 0.6) is 11.5 Å². The van der Waals surface area contributed by atoms with Gasteiger partial charge >= 0.3 is 0 Å². The van der Waals surface area contributed by atoms with Gasteiger partial charge in [-0.05, 0) is 48.4 Å². The molecule has 0 aliphatic rings. The van der Waals surface area contributed by atoms with Crippen molar-refractivity contribution in [3.05, 3.63) is 60.9 Å². The van der Waals surface area contributed by atoms with Crippen LogP contribution in [0.1, 0.15) is 45.4 Å². The van der Waals surface area contributed by atoms with E-state index in [1.54, 1.807) is 24.5 Å². The molecule has 0 spiro atoms. The number of phenolic OH excluding ortho intramolecular Hbond substituents is 1. The first-order valence-electron chi connectivity index (χ1n) is 10.1. The van der Waals surface area contributed by atoms with Crippen LogP contribution in [0, 0.1) is 0 Å². The van der Waals surface area contributed by atoms with Crippen LogP contribution in [0.4, 0.5) is 0 Å². The fourth-order valence-electron chi connectivity index (χ4n) is 3.05. The Hall–Kier alpha value is -2.88. The number of aromatic nitrogens is 2. The molecule has 0 bridgehead atoms. The van der Waals surface area contributed by atoms with Gasteiger partial charge < -0.3 is 9.84 Å². The molecule has 0 fully saturated rings. The van der Waals surface area contributed by atoms with Gasteiger partial charge in [0.1, 0.15) is 11.5 Å². The average Bonchev–Trinajstić information content (AvgIpc) is 2.74. The summed E-state index contributed by atoms with van der Waals surface area (Å²) in [6, 6.07) is 15.0. The second kappa shape index (κ2) is 10.5. The molecular formula is C24H28N2O2. The normalized spacial score (nSPS) is 10.8. The quantitative estimate of drug-likeness (QED) is 0.425. The van der Waals surface area contributed by atoms with Gasteiger partial charge in [0.2, 0.25) is 0 Å². The second-order valence-corrected chi connectivity index (χ2v) is 6.98. The van der Waals surface area contributed by atoms with Crippen molar-refractivity contribution in [1.29, 1.82) is 0 Å². The summed E-state index contributed by atoms with van der Waals surface area (Å²) in [6.45, 7) is 3.01. The Bertz CT molecular complexity index is 828. The van der Waals surface area contributed by atoms with Crippen molar-refractivity contribution in [2.24, 2.45) is 0 Å². The highest BCUT2D eigenvalue weighted by Gasteiger charge is 2.04. The molecule has 4 heteroatoms. The molecule has 1 N–H and O–H groups in total. The summed E-state index contributed by atoms with van der Waals surface area (Å²) >= 11 is 0. The van der Waals surface area contributed by atoms with Crippen molar-refractivity contribution < 1.29 is 9.84 Å². The largest absolute Gasteiger partial charge is 0.508 e. The van der Waals surface area contributed by atoms with Gasteiger partial charge in [-0.25, -0.2) is 9.97 Å². The van der Waals surface area contributed by atoms with E-state index >= 15 is 0 Å². The summed E-state index contributed by atoms with van der Waals surface area (Å²) in [7, 11) is 0. The van der Waals surface area contributed by atoms with Gasteiger partial charge in [0.25, 0.3) is 0 Å². The molecule has 3 rings (SSSR count). The van der Waals surface area contributed by atoms with E-state index in [9.17, 15) is 5.11 Å². The molecule has 3 aromatic rings. The molecule has 0 unspecified atom stereocenters. The van der Waals surface area contributed by atoms with Gasteiger partial charge in [-0.3, -0.25) is 0 Å². The predicted octanol–water partition coefficient (Wildman–Crippen LogP) is 6.26. The fraction of sp³-hybridized carbons (Fsp3) is 0.333. The third-order valence-electron chi connectivity index (χ3n) is 4.73. The van der Waals surface area contributed by atoms with Crippen LogP contribution in [0.25, 0.3) is 22.5 Å². The third-order valence-corrected chi connectivity index (χ3v) is 4.73. The standard InChI is InChI=1S/C24H28N2O2/c1-2-3-4-5-6-7-16-28-23-14-10-20(11-15-23)24-25-17-21(18-26-24)19-8-12-22(27)13-9-19/h8-15,17-18,27H,2-7,16H2,1H3. The fourth-order valence-corrected chi connectivity index (χ4v) is 3.05. The molecule has 0 saturated heterocycles. The molecule has 28 heavy (non-hydrogen) atoms. The molecule has 2 aromatic carbocycles. The van der Waals surface area contributed by atoms with Gasteiger partial charge in [0, 0.05) is 23.5 Å². The van der Waals surface area contributed by atoms with Crippen molar-refractivity contribution in [2.45, 2.75) is 45.4 Å². The number of nitrogens with zero attached hydrogens (tertiary/aromatic N) is 2. The number of rotatable bonds is 10. The van der Waals surface area contributed by atoms with E-state index in [4.69, 9.17) is 4.74 Å². The van der Waals surface area contributed by atoms with Gasteiger partial charge in [0.05, 0.1) is 6.61 Å². The van der Waals surface area contributed by atoms with Crippen molar-refractivity contribution in [3.8, 4) is 34.0 Å². The Morgan fingerprint density at radius 3 is 2.00 bits per heavy atom. The number of phenols is 1. The summed E-state index contributed by atoms with van der Waals surface area (Å²) in [5.74, 6) is 1.82. The Morgan fingerprint density at radius 1 is 0.714 bits per heavy atom. The van der Waals surface area contributed by atoms with Crippen LogP contribution in [0.2, 0.25) is 0 Å². The zero-order chi connectivity index (χ0) is 19.6. The lowest BCUT2D eigenvalue weighted by Gasteiger charge is -2.07. The van der Waals surface area contributed by atoms with Crippen LogP contribution in [0.3, 0.4) is 0 Å². The van der Waals surface area contributed by atoms with Crippen molar-refractivity contribution in [2.75, 3.05) is 6.61 Å². The Labute approximate surface area is 167 Å². The minimum absolute atomic E-state index is 0.250. The maximum atomic E-state index is 9.39. The molecule has 0 amide bonds. The third kappa shape index (κ3) is 5.81. The van der Waals surface area contributed by atoms with E-state index in [2.05, 4.69) is 16.9 Å². The molecule has 4 nitrogen and oxygen atoms in total. The first-order chi connectivity index (χ1) is 13.8. The average molecular weight is 377 g/mol. The van der Waals surface area contributed by atoms with Crippen LogP contribution < -0.4 is 4.74 Å². The lowest BCUT2D eigenvalue weighted by Crippen LogP contribution is -1.97. The summed E-state index contributed by atoms with van der Waals surface area (Å²) in [4.78, 5) is 8.95. The monoisotopic (exact) mass is 376 g/mol. The molecular weight excluding hydrogens is 348 g/mol. The van der Waals surface area contributed by atoms with Crippen molar-refractivity contribution in [1.82, 2.24) is 9.97 Å². The number of ether oxygens (including phenoxy) is 1. The molecule has 0 atom stereocenters. The van der Waals surface area contributed by atoms with E-state index < -0.39 is 0 Å². The molecule has 0 aliphatic carbocycles. The van der Waals surface area contributed by atoms with E-state index in [0.717, 1.165) is 35.5 Å². The highest BCUT2D eigenvalue weighted by Crippen LogP contribution is 2.23. The SMILES string of the molecule is CCCCCCCCOc1ccc(-c2ncc(-c3ccc(O)cc3)cn2)cc1. The lowest BCUT2D eigenvalue weighted by molar-refractivity contribution is 0.304. The Morgan fingerprint density at radius 2 is 1.32 bits per heavy atom. The first-order valence-corrected chi connectivity index (χ1v) is 10.1. The van der Waals surface area contributed by atoms with Crippen molar-refractivity contribution in [3.63, 3.8) is 0 Å². The minimum Gasteiger partial charge on any atom is -0.508 e. The molecule has 0 saturated carbocycles. The van der Waals surface area contributed by atoms with Crippen molar-refractivity contribution >= 4 is 0 Å². The minimum atomic E-state index is 0.250. The Kier molecular flexibility index (Phi) is 7.42. The smallest absolute Gasteiger partial charge is 0.159 e. The maximum Gasteiger partial charge on any atom is 0.159 e. The van der Waals surface area contributed by atoms with Crippen LogP contribution in [-0.2, 0) is 0 Å². The van der Waals surface area contributed by atoms with E-state index in [1.807, 2.05) is 36.4 Å². The number of benzene rings is 2.